The van der Waals surface area contributed by atoms with Crippen molar-refractivity contribution in [2.24, 2.45) is 0 Å². The summed E-state index contributed by atoms with van der Waals surface area (Å²) in [5.41, 5.74) is -0.629. The number of halogens is 1. The molecule has 4 nitrogen and oxygen atoms in total. The molecule has 0 aliphatic carbocycles. The van der Waals surface area contributed by atoms with E-state index in [2.05, 4.69) is 0 Å². The number of nitrogens with zero attached hydrogens (tertiary/aromatic N) is 1. The van der Waals surface area contributed by atoms with Crippen molar-refractivity contribution < 1.29 is 14.6 Å². The highest BCUT2D eigenvalue weighted by Gasteiger charge is 2.41. The number of carbonyl (C=O) groups is 1. The predicted octanol–water partition coefficient (Wildman–Crippen LogP) is 2.07. The average molecular weight is 345 g/mol. The van der Waals surface area contributed by atoms with E-state index in [1.54, 1.807) is 38.3 Å². The number of benzene rings is 1. The molecule has 0 spiro atoms. The largest absolute Gasteiger partial charge is 0.497 e. The maximum absolute atomic E-state index is 11.8. The second-order valence-corrected chi connectivity index (χ2v) is 5.05. The van der Waals surface area contributed by atoms with E-state index >= 15 is 0 Å². The van der Waals surface area contributed by atoms with E-state index in [0.29, 0.717) is 15.0 Å². The van der Waals surface area contributed by atoms with E-state index in [0.717, 1.165) is 0 Å². The maximum atomic E-state index is 11.8. The van der Waals surface area contributed by atoms with Crippen molar-refractivity contribution >= 4 is 34.2 Å². The van der Waals surface area contributed by atoms with Crippen LogP contribution >= 0.6 is 22.6 Å². The number of ether oxygens (including phenoxy) is 1. The number of methoxy groups -OCH3 is 1. The van der Waals surface area contributed by atoms with Gasteiger partial charge in [-0.15, -0.1) is 0 Å². The van der Waals surface area contributed by atoms with Crippen LogP contribution in [0.3, 0.4) is 0 Å². The summed E-state index contributed by atoms with van der Waals surface area (Å²) in [7, 11) is 1.58. The smallest absolute Gasteiger partial charge is 0.254 e. The van der Waals surface area contributed by atoms with Crippen molar-refractivity contribution in [3.05, 3.63) is 33.9 Å². The SMILES string of the molecule is COc1ccc(N2C(=O)C=C(I)[C@]2(C)O)cc1. The molecule has 1 atom stereocenters. The van der Waals surface area contributed by atoms with E-state index in [-0.39, 0.29) is 5.91 Å². The third-order valence-electron chi connectivity index (χ3n) is 2.69. The first-order valence-corrected chi connectivity index (χ1v) is 6.13. The number of rotatable bonds is 2. The fraction of sp³-hybridized carbons (Fsp3) is 0.250. The lowest BCUT2D eigenvalue weighted by atomic mass is 10.2. The van der Waals surface area contributed by atoms with Crippen molar-refractivity contribution in [2.45, 2.75) is 12.6 Å². The molecule has 0 radical (unpaired) electrons. The Labute approximate surface area is 113 Å². The predicted molar refractivity (Wildman–Crippen MR) is 73.2 cm³/mol. The highest BCUT2D eigenvalue weighted by molar-refractivity contribution is 14.1. The quantitative estimate of drug-likeness (QED) is 0.835. The Bertz CT molecular complexity index is 479. The molecule has 1 heterocycles. The molecule has 0 saturated carbocycles. The Morgan fingerprint density at radius 3 is 2.35 bits per heavy atom. The summed E-state index contributed by atoms with van der Waals surface area (Å²) in [6.45, 7) is 1.60. The van der Waals surface area contributed by atoms with Crippen LogP contribution in [0.1, 0.15) is 6.92 Å². The van der Waals surface area contributed by atoms with Gasteiger partial charge in [-0.05, 0) is 53.8 Å². The molecule has 90 valence electrons. The van der Waals surface area contributed by atoms with E-state index in [4.69, 9.17) is 4.74 Å². The standard InChI is InChI=1S/C12H12INO3/c1-12(16)10(13)7-11(15)14(12)8-3-5-9(17-2)6-4-8/h3-7,16H,1-2H3/t12-/m0/s1. The topological polar surface area (TPSA) is 49.8 Å². The van der Waals surface area contributed by atoms with Crippen LogP contribution in [0.5, 0.6) is 5.75 Å². The second kappa shape index (κ2) is 4.30. The number of amides is 1. The van der Waals surface area contributed by atoms with Gasteiger partial charge in [-0.1, -0.05) is 0 Å². The van der Waals surface area contributed by atoms with Gasteiger partial charge in [0.25, 0.3) is 5.91 Å². The third kappa shape index (κ3) is 2.04. The normalized spacial score (nSPS) is 23.9. The van der Waals surface area contributed by atoms with E-state index in [9.17, 15) is 9.90 Å². The van der Waals surface area contributed by atoms with Crippen molar-refractivity contribution in [1.82, 2.24) is 0 Å². The first kappa shape index (κ1) is 12.4. The minimum atomic E-state index is -1.27. The number of aliphatic hydroxyl groups is 1. The van der Waals surface area contributed by atoms with Gasteiger partial charge >= 0.3 is 0 Å². The van der Waals surface area contributed by atoms with E-state index in [1.165, 1.54) is 11.0 Å². The summed E-state index contributed by atoms with van der Waals surface area (Å²) < 4.78 is 5.66. The molecular formula is C12H12INO3. The van der Waals surface area contributed by atoms with Crippen molar-refractivity contribution in [1.29, 1.82) is 0 Å². The van der Waals surface area contributed by atoms with Gasteiger partial charge in [-0.25, -0.2) is 0 Å². The lowest BCUT2D eigenvalue weighted by molar-refractivity contribution is -0.115. The zero-order chi connectivity index (χ0) is 12.6. The molecule has 0 saturated heterocycles. The van der Waals surface area contributed by atoms with Crippen LogP contribution in [0.2, 0.25) is 0 Å². The molecule has 1 aliphatic heterocycles. The minimum absolute atomic E-state index is 0.218. The van der Waals surface area contributed by atoms with Gasteiger partial charge in [0, 0.05) is 15.3 Å². The number of carbonyl (C=O) groups excluding carboxylic acids is 1. The molecule has 1 amide bonds. The van der Waals surface area contributed by atoms with Crippen LogP contribution in [0.15, 0.2) is 33.9 Å². The van der Waals surface area contributed by atoms with E-state index in [1.807, 2.05) is 22.6 Å². The zero-order valence-electron chi connectivity index (χ0n) is 9.48. The number of hydrogen-bond donors (Lipinski definition) is 1. The summed E-state index contributed by atoms with van der Waals surface area (Å²) >= 11 is 1.97. The lowest BCUT2D eigenvalue weighted by Crippen LogP contribution is -2.45. The number of anilines is 1. The molecule has 0 unspecified atom stereocenters. The van der Waals surface area contributed by atoms with Crippen LogP contribution in [-0.2, 0) is 4.79 Å². The molecule has 2 rings (SSSR count). The molecule has 5 heteroatoms. The van der Waals surface area contributed by atoms with Gasteiger partial charge in [0.1, 0.15) is 5.75 Å². The Morgan fingerprint density at radius 2 is 1.94 bits per heavy atom. The van der Waals surface area contributed by atoms with Crippen LogP contribution in [0.4, 0.5) is 5.69 Å². The Kier molecular flexibility index (Phi) is 3.13. The fourth-order valence-corrected chi connectivity index (χ4v) is 2.25. The van der Waals surface area contributed by atoms with Crippen LogP contribution < -0.4 is 9.64 Å². The van der Waals surface area contributed by atoms with Crippen molar-refractivity contribution in [2.75, 3.05) is 12.0 Å². The van der Waals surface area contributed by atoms with Gasteiger partial charge in [0.2, 0.25) is 0 Å². The summed E-state index contributed by atoms with van der Waals surface area (Å²) in [4.78, 5) is 13.2. The lowest BCUT2D eigenvalue weighted by Gasteiger charge is -2.31. The molecule has 1 aromatic rings. The molecule has 0 fully saturated rings. The Morgan fingerprint density at radius 1 is 1.35 bits per heavy atom. The van der Waals surface area contributed by atoms with E-state index < -0.39 is 5.72 Å². The second-order valence-electron chi connectivity index (χ2n) is 3.88. The monoisotopic (exact) mass is 345 g/mol. The van der Waals surface area contributed by atoms with Crippen LogP contribution in [0, 0.1) is 0 Å². The highest BCUT2D eigenvalue weighted by Crippen LogP contribution is 2.37. The molecule has 0 bridgehead atoms. The van der Waals surface area contributed by atoms with Gasteiger partial charge in [0.05, 0.1) is 7.11 Å². The summed E-state index contributed by atoms with van der Waals surface area (Å²) in [5, 5.41) is 10.3. The average Bonchev–Trinajstić information content (AvgIpc) is 2.49. The molecular weight excluding hydrogens is 333 g/mol. The van der Waals surface area contributed by atoms with Crippen LogP contribution in [0.25, 0.3) is 0 Å². The van der Waals surface area contributed by atoms with Crippen molar-refractivity contribution in [3.8, 4) is 5.75 Å². The highest BCUT2D eigenvalue weighted by atomic mass is 127. The van der Waals surface area contributed by atoms with Gasteiger partial charge in [-0.2, -0.15) is 0 Å². The summed E-state index contributed by atoms with van der Waals surface area (Å²) in [6, 6.07) is 7.00. The molecule has 0 aromatic heterocycles. The Balaban J connectivity index is 2.37. The maximum Gasteiger partial charge on any atom is 0.254 e. The summed E-state index contributed by atoms with van der Waals surface area (Å²) in [6.07, 6.45) is 1.44. The fourth-order valence-electron chi connectivity index (χ4n) is 1.74. The van der Waals surface area contributed by atoms with Crippen LogP contribution in [-0.4, -0.2) is 23.8 Å². The molecule has 1 aromatic carbocycles. The van der Waals surface area contributed by atoms with Gasteiger partial charge in [-0.3, -0.25) is 9.69 Å². The summed E-state index contributed by atoms with van der Waals surface area (Å²) in [5.74, 6) is 0.493. The zero-order valence-corrected chi connectivity index (χ0v) is 11.6. The first-order valence-electron chi connectivity index (χ1n) is 5.05. The number of hydrogen-bond acceptors (Lipinski definition) is 3. The Hall–Kier alpha value is -1.08. The van der Waals surface area contributed by atoms with Crippen molar-refractivity contribution in [3.63, 3.8) is 0 Å². The molecule has 1 aliphatic rings. The van der Waals surface area contributed by atoms with Gasteiger partial charge in [0.15, 0.2) is 5.72 Å². The molecule has 17 heavy (non-hydrogen) atoms. The first-order chi connectivity index (χ1) is 7.96. The molecule has 1 N–H and O–H groups in total. The third-order valence-corrected chi connectivity index (χ3v) is 4.02. The minimum Gasteiger partial charge on any atom is -0.497 e. The van der Waals surface area contributed by atoms with Gasteiger partial charge < -0.3 is 9.84 Å².